The molecule has 0 aliphatic carbocycles. The van der Waals surface area contributed by atoms with Gasteiger partial charge in [-0.2, -0.15) is 0 Å². The minimum Gasteiger partial charge on any atom is -0.376 e. The molecule has 0 heterocycles. The summed E-state index contributed by atoms with van der Waals surface area (Å²) in [5.74, 6) is -0.272. The Hall–Kier alpha value is -2.24. The Morgan fingerprint density at radius 3 is 2.52 bits per heavy atom. The number of carbonyl (C=O) groups is 2. The van der Waals surface area contributed by atoms with E-state index in [-0.39, 0.29) is 18.4 Å². The lowest BCUT2D eigenvalue weighted by Crippen LogP contribution is -2.31. The predicted octanol–water partition coefficient (Wildman–Crippen LogP) is 3.72. The number of hydrogen-bond donors (Lipinski definition) is 3. The first kappa shape index (κ1) is 19.1. The Morgan fingerprint density at radius 2 is 1.80 bits per heavy atom. The fourth-order valence-electron chi connectivity index (χ4n) is 2.22. The number of rotatable bonds is 7. The molecule has 25 heavy (non-hydrogen) atoms. The van der Waals surface area contributed by atoms with Crippen molar-refractivity contribution in [3.8, 4) is 0 Å². The molecule has 0 bridgehead atoms. The van der Waals surface area contributed by atoms with E-state index >= 15 is 0 Å². The van der Waals surface area contributed by atoms with Crippen molar-refractivity contribution < 1.29 is 9.59 Å². The molecule has 2 rings (SSSR count). The van der Waals surface area contributed by atoms with E-state index in [2.05, 4.69) is 16.0 Å². The average molecular weight is 380 g/mol. The van der Waals surface area contributed by atoms with Gasteiger partial charge in [-0.25, -0.2) is 0 Å². The molecule has 0 aromatic heterocycles. The van der Waals surface area contributed by atoms with Gasteiger partial charge in [-0.05, 0) is 42.3 Å². The van der Waals surface area contributed by atoms with Gasteiger partial charge < -0.3 is 16.0 Å². The summed E-state index contributed by atoms with van der Waals surface area (Å²) in [6, 6.07) is 12.5. The third kappa shape index (κ3) is 6.64. The molecule has 0 aliphatic heterocycles. The number of nitrogens with one attached hydrogen (secondary N) is 3. The van der Waals surface area contributed by atoms with Gasteiger partial charge in [0.15, 0.2) is 0 Å². The molecule has 0 aliphatic rings. The van der Waals surface area contributed by atoms with Gasteiger partial charge in [-0.1, -0.05) is 35.3 Å². The van der Waals surface area contributed by atoms with Crippen molar-refractivity contribution in [1.82, 2.24) is 5.32 Å². The SMILES string of the molecule is CC(=O)Nc1cccc(NCC(=O)NCCc2ccc(Cl)cc2Cl)c1. The summed E-state index contributed by atoms with van der Waals surface area (Å²) in [4.78, 5) is 23.0. The zero-order valence-electron chi connectivity index (χ0n) is 13.7. The molecule has 0 saturated heterocycles. The minimum absolute atomic E-state index is 0.130. The first-order valence-electron chi connectivity index (χ1n) is 7.76. The molecule has 2 aromatic rings. The van der Waals surface area contributed by atoms with Crippen LogP contribution in [0.3, 0.4) is 0 Å². The highest BCUT2D eigenvalue weighted by atomic mass is 35.5. The molecule has 2 amide bonds. The Morgan fingerprint density at radius 1 is 1.04 bits per heavy atom. The van der Waals surface area contributed by atoms with Crippen LogP contribution >= 0.6 is 23.2 Å². The molecule has 2 aromatic carbocycles. The second kappa shape index (κ2) is 9.30. The fraction of sp³-hybridized carbons (Fsp3) is 0.222. The second-order valence-corrected chi connectivity index (χ2v) is 6.29. The predicted molar refractivity (Wildman–Crippen MR) is 102 cm³/mol. The Balaban J connectivity index is 1.76. The monoisotopic (exact) mass is 379 g/mol. The first-order valence-corrected chi connectivity index (χ1v) is 8.52. The van der Waals surface area contributed by atoms with E-state index < -0.39 is 0 Å². The van der Waals surface area contributed by atoms with Crippen LogP contribution in [-0.4, -0.2) is 24.9 Å². The van der Waals surface area contributed by atoms with E-state index in [0.717, 1.165) is 11.3 Å². The van der Waals surface area contributed by atoms with Crippen molar-refractivity contribution in [2.75, 3.05) is 23.7 Å². The molecule has 0 unspecified atom stereocenters. The molecule has 0 radical (unpaired) electrons. The van der Waals surface area contributed by atoms with Crippen LogP contribution in [0.4, 0.5) is 11.4 Å². The van der Waals surface area contributed by atoms with Crippen LogP contribution in [0.25, 0.3) is 0 Å². The molecule has 3 N–H and O–H groups in total. The Kier molecular flexibility index (Phi) is 7.10. The minimum atomic E-state index is -0.143. The van der Waals surface area contributed by atoms with Crippen LogP contribution in [0, 0.1) is 0 Å². The van der Waals surface area contributed by atoms with E-state index in [1.54, 1.807) is 30.3 Å². The number of carbonyl (C=O) groups excluding carboxylic acids is 2. The van der Waals surface area contributed by atoms with Crippen LogP contribution < -0.4 is 16.0 Å². The zero-order valence-corrected chi connectivity index (χ0v) is 15.2. The van der Waals surface area contributed by atoms with Gasteiger partial charge >= 0.3 is 0 Å². The van der Waals surface area contributed by atoms with Gasteiger partial charge in [0, 0.05) is 34.9 Å². The van der Waals surface area contributed by atoms with Crippen LogP contribution in [0.5, 0.6) is 0 Å². The summed E-state index contributed by atoms with van der Waals surface area (Å²) in [5.41, 5.74) is 2.36. The Bertz CT molecular complexity index is 766. The average Bonchev–Trinajstić information content (AvgIpc) is 2.55. The van der Waals surface area contributed by atoms with E-state index in [4.69, 9.17) is 23.2 Å². The van der Waals surface area contributed by atoms with E-state index in [0.29, 0.717) is 28.7 Å². The van der Waals surface area contributed by atoms with Crippen LogP contribution in [-0.2, 0) is 16.0 Å². The van der Waals surface area contributed by atoms with Crippen molar-refractivity contribution >= 4 is 46.4 Å². The number of halogens is 2. The van der Waals surface area contributed by atoms with Gasteiger partial charge in [0.25, 0.3) is 0 Å². The van der Waals surface area contributed by atoms with E-state index in [1.807, 2.05) is 12.1 Å². The number of benzene rings is 2. The summed E-state index contributed by atoms with van der Waals surface area (Å²) < 4.78 is 0. The number of anilines is 2. The maximum absolute atomic E-state index is 11.9. The van der Waals surface area contributed by atoms with Crippen LogP contribution in [0.15, 0.2) is 42.5 Å². The van der Waals surface area contributed by atoms with Crippen molar-refractivity contribution in [3.05, 3.63) is 58.1 Å². The molecular formula is C18H19Cl2N3O2. The second-order valence-electron chi connectivity index (χ2n) is 5.45. The van der Waals surface area contributed by atoms with Gasteiger partial charge in [0.1, 0.15) is 0 Å². The van der Waals surface area contributed by atoms with Gasteiger partial charge in [0.05, 0.1) is 6.54 Å². The highest BCUT2D eigenvalue weighted by molar-refractivity contribution is 6.35. The quantitative estimate of drug-likeness (QED) is 0.686. The Labute approximate surface area is 156 Å². The van der Waals surface area contributed by atoms with Crippen molar-refractivity contribution in [2.45, 2.75) is 13.3 Å². The lowest BCUT2D eigenvalue weighted by atomic mass is 10.1. The van der Waals surface area contributed by atoms with Crippen molar-refractivity contribution in [3.63, 3.8) is 0 Å². The maximum Gasteiger partial charge on any atom is 0.239 e. The highest BCUT2D eigenvalue weighted by Crippen LogP contribution is 2.21. The first-order chi connectivity index (χ1) is 11.9. The van der Waals surface area contributed by atoms with Crippen LogP contribution in [0.1, 0.15) is 12.5 Å². The summed E-state index contributed by atoms with van der Waals surface area (Å²) >= 11 is 12.0. The van der Waals surface area contributed by atoms with Gasteiger partial charge in [-0.3, -0.25) is 9.59 Å². The lowest BCUT2D eigenvalue weighted by Gasteiger charge is -2.10. The molecule has 0 fully saturated rings. The third-order valence-electron chi connectivity index (χ3n) is 3.37. The third-order valence-corrected chi connectivity index (χ3v) is 3.95. The molecule has 132 valence electrons. The van der Waals surface area contributed by atoms with Gasteiger partial charge in [-0.15, -0.1) is 0 Å². The van der Waals surface area contributed by atoms with Crippen molar-refractivity contribution in [1.29, 1.82) is 0 Å². The zero-order chi connectivity index (χ0) is 18.2. The largest absolute Gasteiger partial charge is 0.376 e. The fourth-order valence-corrected chi connectivity index (χ4v) is 2.72. The molecule has 5 nitrogen and oxygen atoms in total. The van der Waals surface area contributed by atoms with E-state index in [1.165, 1.54) is 6.92 Å². The van der Waals surface area contributed by atoms with Gasteiger partial charge in [0.2, 0.25) is 11.8 Å². The topological polar surface area (TPSA) is 70.2 Å². The molecule has 0 spiro atoms. The molecule has 0 atom stereocenters. The normalized spacial score (nSPS) is 10.2. The summed E-state index contributed by atoms with van der Waals surface area (Å²) in [7, 11) is 0. The summed E-state index contributed by atoms with van der Waals surface area (Å²) in [6.07, 6.45) is 0.625. The molecular weight excluding hydrogens is 361 g/mol. The maximum atomic E-state index is 11.9. The number of hydrogen-bond acceptors (Lipinski definition) is 3. The molecule has 7 heteroatoms. The van der Waals surface area contributed by atoms with Crippen LogP contribution in [0.2, 0.25) is 10.0 Å². The lowest BCUT2D eigenvalue weighted by molar-refractivity contribution is -0.119. The standard InChI is InChI=1S/C18H19Cl2N3O2/c1-12(24)23-16-4-2-3-15(10-16)22-11-18(25)21-8-7-13-5-6-14(19)9-17(13)20/h2-6,9-10,22H,7-8,11H2,1H3,(H,21,25)(H,23,24). The number of amides is 2. The highest BCUT2D eigenvalue weighted by Gasteiger charge is 2.04. The summed E-state index contributed by atoms with van der Waals surface area (Å²) in [6.45, 7) is 2.06. The summed E-state index contributed by atoms with van der Waals surface area (Å²) in [5, 5.41) is 9.72. The molecule has 0 saturated carbocycles. The smallest absolute Gasteiger partial charge is 0.239 e. The van der Waals surface area contributed by atoms with Crippen molar-refractivity contribution in [2.24, 2.45) is 0 Å². The van der Waals surface area contributed by atoms with E-state index in [9.17, 15) is 9.59 Å².